The predicted octanol–water partition coefficient (Wildman–Crippen LogP) is 2.70. The molecular weight excluding hydrogens is 434 g/mol. The van der Waals surface area contributed by atoms with Crippen molar-refractivity contribution in [1.29, 1.82) is 0 Å². The SMILES string of the molecule is C[C@H](O)[C@@H]1C(=O)N2C(C(=O)OCc3ccc([N+](=O)[O-])cc3)=C(SCCn3cccc3)C[C@H]12. The van der Waals surface area contributed by atoms with Crippen molar-refractivity contribution < 1.29 is 24.4 Å². The number of carbonyl (C=O) groups excluding carboxylic acids is 2. The van der Waals surface area contributed by atoms with E-state index in [1.807, 2.05) is 29.1 Å². The van der Waals surface area contributed by atoms with Gasteiger partial charge in [0, 0.05) is 48.1 Å². The van der Waals surface area contributed by atoms with E-state index in [-0.39, 0.29) is 29.9 Å². The van der Waals surface area contributed by atoms with Crippen LogP contribution < -0.4 is 0 Å². The van der Waals surface area contributed by atoms with Crippen LogP contribution in [0.2, 0.25) is 0 Å². The lowest BCUT2D eigenvalue weighted by atomic mass is 9.83. The lowest BCUT2D eigenvalue weighted by Gasteiger charge is -2.44. The molecule has 1 aromatic heterocycles. The number of hydrogen-bond acceptors (Lipinski definition) is 7. The maximum atomic E-state index is 12.9. The molecular formula is C22H23N3O6S. The molecule has 2 aromatic rings. The zero-order valence-electron chi connectivity index (χ0n) is 17.4. The molecule has 2 aliphatic heterocycles. The first-order valence-electron chi connectivity index (χ1n) is 10.2. The molecule has 1 saturated heterocycles. The highest BCUT2D eigenvalue weighted by molar-refractivity contribution is 8.03. The Morgan fingerprint density at radius 3 is 2.62 bits per heavy atom. The second kappa shape index (κ2) is 9.17. The molecule has 0 aliphatic carbocycles. The zero-order valence-corrected chi connectivity index (χ0v) is 18.2. The van der Waals surface area contributed by atoms with Crippen LogP contribution in [0, 0.1) is 16.0 Å². The van der Waals surface area contributed by atoms with Crippen molar-refractivity contribution in [2.45, 2.75) is 38.6 Å². The van der Waals surface area contributed by atoms with E-state index in [2.05, 4.69) is 0 Å². The summed E-state index contributed by atoms with van der Waals surface area (Å²) in [5.74, 6) is -0.674. The van der Waals surface area contributed by atoms with Gasteiger partial charge in [-0.1, -0.05) is 0 Å². The van der Waals surface area contributed by atoms with Crippen molar-refractivity contribution in [2.24, 2.45) is 5.92 Å². The standard InChI is InChI=1S/C22H23N3O6S/c1-14(26)19-17-12-18(32-11-10-23-8-2-3-9-23)20(24(17)21(19)27)22(28)31-13-15-4-6-16(7-5-15)25(29)30/h2-9,14,17,19,26H,10-13H2,1H3/t14-,17+,19-/m0/s1. The fourth-order valence-corrected chi connectivity index (χ4v) is 5.23. The van der Waals surface area contributed by atoms with E-state index >= 15 is 0 Å². The van der Waals surface area contributed by atoms with Crippen LogP contribution in [0.5, 0.6) is 0 Å². The summed E-state index contributed by atoms with van der Waals surface area (Å²) >= 11 is 1.52. The Bertz CT molecular complexity index is 1050. The number of nitro benzene ring substituents is 1. The van der Waals surface area contributed by atoms with E-state index in [4.69, 9.17) is 4.74 Å². The quantitative estimate of drug-likeness (QED) is 0.266. The first-order valence-corrected chi connectivity index (χ1v) is 11.2. The van der Waals surface area contributed by atoms with Crippen LogP contribution in [-0.2, 0) is 27.5 Å². The van der Waals surface area contributed by atoms with Gasteiger partial charge in [-0.05, 0) is 36.8 Å². The summed E-state index contributed by atoms with van der Waals surface area (Å²) in [5.41, 5.74) is 0.812. The summed E-state index contributed by atoms with van der Waals surface area (Å²) in [5, 5.41) is 20.8. The summed E-state index contributed by atoms with van der Waals surface area (Å²) < 4.78 is 7.49. The van der Waals surface area contributed by atoms with Crippen molar-refractivity contribution in [3.63, 3.8) is 0 Å². The predicted molar refractivity (Wildman–Crippen MR) is 117 cm³/mol. The first-order chi connectivity index (χ1) is 15.4. The number of amides is 1. The molecule has 1 aromatic carbocycles. The normalized spacial score (nSPS) is 20.7. The third-order valence-electron chi connectivity index (χ3n) is 5.69. The van der Waals surface area contributed by atoms with Crippen LogP contribution in [-0.4, -0.2) is 49.3 Å². The molecule has 2 aliphatic rings. The van der Waals surface area contributed by atoms with Crippen molar-refractivity contribution in [1.82, 2.24) is 9.47 Å². The number of aromatic nitrogens is 1. The van der Waals surface area contributed by atoms with Gasteiger partial charge in [0.2, 0.25) is 5.91 Å². The number of fused-ring (bicyclic) bond motifs is 1. The largest absolute Gasteiger partial charge is 0.456 e. The van der Waals surface area contributed by atoms with Gasteiger partial charge in [-0.15, -0.1) is 11.8 Å². The number of esters is 1. The fraction of sp³-hybridized carbons (Fsp3) is 0.364. The molecule has 0 bridgehead atoms. The number of rotatable bonds is 9. The molecule has 0 saturated carbocycles. The number of nitro groups is 1. The minimum absolute atomic E-state index is 0.0434. The molecule has 0 radical (unpaired) electrons. The molecule has 32 heavy (non-hydrogen) atoms. The van der Waals surface area contributed by atoms with Crippen LogP contribution in [0.15, 0.2) is 59.4 Å². The number of ether oxygens (including phenoxy) is 1. The van der Waals surface area contributed by atoms with Gasteiger partial charge in [0.25, 0.3) is 5.69 Å². The minimum Gasteiger partial charge on any atom is -0.456 e. The highest BCUT2D eigenvalue weighted by Gasteiger charge is 2.57. The van der Waals surface area contributed by atoms with Gasteiger partial charge in [-0.2, -0.15) is 0 Å². The molecule has 3 atom stereocenters. The number of nitrogens with zero attached hydrogens (tertiary/aromatic N) is 3. The van der Waals surface area contributed by atoms with Crippen molar-refractivity contribution in [2.75, 3.05) is 5.75 Å². The van der Waals surface area contributed by atoms with Crippen LogP contribution >= 0.6 is 11.8 Å². The number of aliphatic hydroxyl groups is 1. The van der Waals surface area contributed by atoms with Crippen LogP contribution in [0.25, 0.3) is 0 Å². The summed E-state index contributed by atoms with van der Waals surface area (Å²) in [6, 6.07) is 9.41. The summed E-state index contributed by atoms with van der Waals surface area (Å²) in [6.07, 6.45) is 3.65. The van der Waals surface area contributed by atoms with E-state index < -0.39 is 22.9 Å². The average molecular weight is 458 g/mol. The second-order valence-electron chi connectivity index (χ2n) is 7.79. The van der Waals surface area contributed by atoms with E-state index in [1.165, 1.54) is 40.9 Å². The van der Waals surface area contributed by atoms with Gasteiger partial charge >= 0.3 is 5.97 Å². The van der Waals surface area contributed by atoms with Crippen LogP contribution in [0.3, 0.4) is 0 Å². The third-order valence-corrected chi connectivity index (χ3v) is 6.79. The summed E-state index contributed by atoms with van der Waals surface area (Å²) in [4.78, 5) is 38.1. The summed E-state index contributed by atoms with van der Waals surface area (Å²) in [6.45, 7) is 2.28. The van der Waals surface area contributed by atoms with Crippen molar-refractivity contribution in [3.05, 3.63) is 75.1 Å². The average Bonchev–Trinajstić information content (AvgIpc) is 3.38. The smallest absolute Gasteiger partial charge is 0.356 e. The molecule has 1 N–H and O–H groups in total. The van der Waals surface area contributed by atoms with E-state index in [9.17, 15) is 24.8 Å². The van der Waals surface area contributed by atoms with Gasteiger partial charge in [0.15, 0.2) is 0 Å². The summed E-state index contributed by atoms with van der Waals surface area (Å²) in [7, 11) is 0. The fourth-order valence-electron chi connectivity index (χ4n) is 4.07. The van der Waals surface area contributed by atoms with Gasteiger partial charge in [-0.3, -0.25) is 14.9 Å². The maximum absolute atomic E-state index is 12.9. The van der Waals surface area contributed by atoms with Gasteiger partial charge in [-0.25, -0.2) is 4.79 Å². The Morgan fingerprint density at radius 1 is 1.31 bits per heavy atom. The van der Waals surface area contributed by atoms with E-state index in [0.29, 0.717) is 12.0 Å². The van der Waals surface area contributed by atoms with Crippen LogP contribution in [0.1, 0.15) is 18.9 Å². The molecule has 1 fully saturated rings. The molecule has 0 unspecified atom stereocenters. The van der Waals surface area contributed by atoms with Crippen molar-refractivity contribution >= 4 is 29.3 Å². The van der Waals surface area contributed by atoms with Gasteiger partial charge in [0.05, 0.1) is 23.0 Å². The molecule has 3 heterocycles. The molecule has 9 nitrogen and oxygen atoms in total. The van der Waals surface area contributed by atoms with Gasteiger partial charge in [0.1, 0.15) is 12.3 Å². The number of aliphatic hydroxyl groups excluding tert-OH is 1. The zero-order chi connectivity index (χ0) is 22.8. The highest BCUT2D eigenvalue weighted by Crippen LogP contribution is 2.47. The topological polar surface area (TPSA) is 115 Å². The Morgan fingerprint density at radius 2 is 2.00 bits per heavy atom. The third kappa shape index (κ3) is 4.28. The van der Waals surface area contributed by atoms with Crippen molar-refractivity contribution in [3.8, 4) is 0 Å². The molecule has 168 valence electrons. The van der Waals surface area contributed by atoms with Crippen LogP contribution in [0.4, 0.5) is 5.69 Å². The lowest BCUT2D eigenvalue weighted by Crippen LogP contribution is -2.61. The molecule has 4 rings (SSSR count). The molecule has 1 amide bonds. The molecule has 0 spiro atoms. The number of non-ortho nitro benzene ring substituents is 1. The Kier molecular flexibility index (Phi) is 6.33. The number of hydrogen-bond donors (Lipinski definition) is 1. The molecule has 10 heteroatoms. The van der Waals surface area contributed by atoms with E-state index in [0.717, 1.165) is 17.2 Å². The highest BCUT2D eigenvalue weighted by atomic mass is 32.2. The minimum atomic E-state index is -0.787. The number of benzene rings is 1. The van der Waals surface area contributed by atoms with E-state index in [1.54, 1.807) is 6.92 Å². The Hall–Kier alpha value is -3.11. The Labute approximate surface area is 188 Å². The maximum Gasteiger partial charge on any atom is 0.356 e. The van der Waals surface area contributed by atoms with Gasteiger partial charge < -0.3 is 19.3 Å². The second-order valence-corrected chi connectivity index (χ2v) is 8.98. The number of carbonyl (C=O) groups is 2. The first kappa shape index (κ1) is 22.1. The lowest BCUT2D eigenvalue weighted by molar-refractivity contribution is -0.384. The number of β-lactam (4-membered cyclic amide) rings is 1. The monoisotopic (exact) mass is 457 g/mol. The number of aryl methyl sites for hydroxylation is 1. The number of thioether (sulfide) groups is 1. The Balaban J connectivity index is 1.46.